The fourth-order valence-electron chi connectivity index (χ4n) is 4.46. The molecule has 0 aromatic heterocycles. The molecule has 0 heterocycles. The Kier molecular flexibility index (Phi) is 7.07. The minimum atomic E-state index is -0.485. The van der Waals surface area contributed by atoms with Gasteiger partial charge in [-0.1, -0.05) is 124 Å². The van der Waals surface area contributed by atoms with Crippen molar-refractivity contribution in [1.29, 1.82) is 0 Å². The van der Waals surface area contributed by atoms with Crippen molar-refractivity contribution in [3.63, 3.8) is 0 Å². The van der Waals surface area contributed by atoms with Gasteiger partial charge in [-0.05, 0) is 59.1 Å². The van der Waals surface area contributed by atoms with E-state index >= 15 is 0 Å². The molecule has 158 valence electrons. The topological polar surface area (TPSA) is 0 Å². The Morgan fingerprint density at radius 1 is 0.677 bits per heavy atom. The maximum absolute atomic E-state index is 2.52. The molecule has 0 aliphatic rings. The normalized spacial score (nSPS) is 12.5. The quantitative estimate of drug-likeness (QED) is 0.259. The molecule has 0 bridgehead atoms. The Bertz CT molecular complexity index is 1090. The van der Waals surface area contributed by atoms with Gasteiger partial charge in [-0.2, -0.15) is 0 Å². The maximum atomic E-state index is 2.52. The molecule has 0 aliphatic carbocycles. The van der Waals surface area contributed by atoms with Crippen LogP contribution in [0.25, 0.3) is 10.8 Å². The average molecular weight is 459 g/mol. The van der Waals surface area contributed by atoms with E-state index in [1.807, 2.05) is 0 Å². The second kappa shape index (κ2) is 9.79. The summed E-state index contributed by atoms with van der Waals surface area (Å²) in [6, 6.07) is 36.2. The first-order valence-corrected chi connectivity index (χ1v) is 16.2. The molecule has 0 fully saturated rings. The predicted octanol–water partition coefficient (Wildman–Crippen LogP) is 5.33. The van der Waals surface area contributed by atoms with Crippen LogP contribution in [0.4, 0.5) is 0 Å². The Hall–Kier alpha value is -1.78. The van der Waals surface area contributed by atoms with Gasteiger partial charge in [-0.25, -0.2) is 0 Å². The fourth-order valence-corrected chi connectivity index (χ4v) is 11.3. The lowest BCUT2D eigenvalue weighted by atomic mass is 10.1. The second-order valence-electron chi connectivity index (χ2n) is 9.29. The van der Waals surface area contributed by atoms with E-state index in [-0.39, 0.29) is 15.8 Å². The van der Waals surface area contributed by atoms with Gasteiger partial charge >= 0.3 is 0 Å². The summed E-state index contributed by atoms with van der Waals surface area (Å²) in [6.07, 6.45) is 1.24. The molecule has 0 atom stereocenters. The molecule has 0 nitrogen and oxygen atoms in total. The molecule has 0 spiro atoms. The third kappa shape index (κ3) is 5.35. The third-order valence-electron chi connectivity index (χ3n) is 5.84. The molecule has 4 rings (SSSR count). The Morgan fingerprint density at radius 3 is 1.77 bits per heavy atom. The van der Waals surface area contributed by atoms with Crippen LogP contribution in [0.2, 0.25) is 5.04 Å². The molecule has 4 aromatic rings. The fraction of sp³-hybridized carbons (Fsp3) is 0.214. The number of hydrogen-bond donors (Lipinski definition) is 0. The van der Waals surface area contributed by atoms with Crippen molar-refractivity contribution in [2.75, 3.05) is 19.5 Å². The van der Waals surface area contributed by atoms with Gasteiger partial charge in [-0.15, -0.1) is 0 Å². The highest BCUT2D eigenvalue weighted by molar-refractivity contribution is 7.73. The van der Waals surface area contributed by atoms with Crippen LogP contribution >= 0.6 is 15.8 Å². The van der Waals surface area contributed by atoms with Crippen LogP contribution in [-0.4, -0.2) is 29.0 Å². The summed E-state index contributed by atoms with van der Waals surface area (Å²) in [4.78, 5) is 0. The van der Waals surface area contributed by atoms with Crippen molar-refractivity contribution in [3.8, 4) is 0 Å². The first kappa shape index (κ1) is 22.4. The first-order chi connectivity index (χ1) is 14.9. The van der Waals surface area contributed by atoms with Crippen molar-refractivity contribution in [3.05, 3.63) is 97.1 Å². The molecule has 4 aromatic carbocycles. The molecule has 0 unspecified atom stereocenters. The number of fused-ring (bicyclic) bond motifs is 1. The molecule has 0 saturated carbocycles. The van der Waals surface area contributed by atoms with E-state index in [0.717, 1.165) is 0 Å². The lowest BCUT2D eigenvalue weighted by molar-refractivity contribution is 0.770. The minimum absolute atomic E-state index is 0.116. The molecule has 0 N–H and O–H groups in total. The zero-order valence-electron chi connectivity index (χ0n) is 19.0. The summed E-state index contributed by atoms with van der Waals surface area (Å²) >= 11 is 0. The predicted molar refractivity (Wildman–Crippen MR) is 149 cm³/mol. The maximum Gasteiger partial charge on any atom is 0.0615 e. The van der Waals surface area contributed by atoms with Gasteiger partial charge < -0.3 is 0 Å². The second-order valence-corrected chi connectivity index (χ2v) is 16.8. The molecule has 3 heteroatoms. The number of rotatable bonds is 7. The SMILES string of the molecule is CP(C)c1cccc2cccc([SiH2]C(C)(C)CP(c3ccccc3)c3ccccc3)c12. The summed E-state index contributed by atoms with van der Waals surface area (Å²) in [5.41, 5.74) is 0. The van der Waals surface area contributed by atoms with Crippen LogP contribution in [0.5, 0.6) is 0 Å². The van der Waals surface area contributed by atoms with E-state index in [2.05, 4.69) is 124 Å². The van der Waals surface area contributed by atoms with Gasteiger partial charge in [0.25, 0.3) is 0 Å². The molecule has 31 heavy (non-hydrogen) atoms. The van der Waals surface area contributed by atoms with Crippen LogP contribution in [-0.2, 0) is 0 Å². The van der Waals surface area contributed by atoms with E-state index in [0.29, 0.717) is 5.04 Å². The lowest BCUT2D eigenvalue weighted by Crippen LogP contribution is -2.32. The monoisotopic (exact) mass is 458 g/mol. The average Bonchev–Trinajstić information content (AvgIpc) is 2.78. The summed E-state index contributed by atoms with van der Waals surface area (Å²) in [5.74, 6) is 0. The van der Waals surface area contributed by atoms with Crippen LogP contribution in [0, 0.1) is 0 Å². The summed E-state index contributed by atoms with van der Waals surface area (Å²) in [7, 11) is -0.960. The van der Waals surface area contributed by atoms with Crippen molar-refractivity contribution in [2.45, 2.75) is 18.9 Å². The van der Waals surface area contributed by atoms with Gasteiger partial charge in [0.2, 0.25) is 0 Å². The minimum Gasteiger partial charge on any atom is -0.0810 e. The first-order valence-electron chi connectivity index (χ1n) is 11.0. The molecular formula is C28H32P2Si. The summed E-state index contributed by atoms with van der Waals surface area (Å²) in [5, 5.41) is 9.52. The van der Waals surface area contributed by atoms with Gasteiger partial charge in [0.1, 0.15) is 0 Å². The highest BCUT2D eigenvalue weighted by atomic mass is 31.1. The van der Waals surface area contributed by atoms with Gasteiger partial charge in [-0.3, -0.25) is 0 Å². The van der Waals surface area contributed by atoms with E-state index in [9.17, 15) is 0 Å². The Balaban J connectivity index is 1.70. The highest BCUT2D eigenvalue weighted by Crippen LogP contribution is 2.43. The van der Waals surface area contributed by atoms with Crippen LogP contribution in [0.15, 0.2) is 97.1 Å². The molecule has 0 amide bonds. The van der Waals surface area contributed by atoms with Crippen molar-refractivity contribution >= 4 is 57.2 Å². The van der Waals surface area contributed by atoms with E-state index in [4.69, 9.17) is 0 Å². The zero-order valence-corrected chi connectivity index (χ0v) is 22.2. The lowest BCUT2D eigenvalue weighted by Gasteiger charge is -2.31. The van der Waals surface area contributed by atoms with Crippen LogP contribution in [0.3, 0.4) is 0 Å². The molecule has 0 radical (unpaired) electrons. The zero-order chi connectivity index (χ0) is 21.8. The number of benzene rings is 4. The molecule has 0 saturated heterocycles. The van der Waals surface area contributed by atoms with Gasteiger partial charge in [0, 0.05) is 0 Å². The van der Waals surface area contributed by atoms with Crippen molar-refractivity contribution in [2.24, 2.45) is 0 Å². The summed E-state index contributed by atoms with van der Waals surface area (Å²) < 4.78 is 0. The van der Waals surface area contributed by atoms with E-state index in [1.54, 1.807) is 15.9 Å². The van der Waals surface area contributed by atoms with Crippen LogP contribution < -0.4 is 21.1 Å². The highest BCUT2D eigenvalue weighted by Gasteiger charge is 2.27. The third-order valence-corrected chi connectivity index (χ3v) is 12.8. The van der Waals surface area contributed by atoms with Crippen LogP contribution in [0.1, 0.15) is 13.8 Å². The smallest absolute Gasteiger partial charge is 0.0615 e. The number of hydrogen-bond acceptors (Lipinski definition) is 0. The van der Waals surface area contributed by atoms with Gasteiger partial charge in [0.15, 0.2) is 0 Å². The molecular weight excluding hydrogens is 426 g/mol. The van der Waals surface area contributed by atoms with Crippen molar-refractivity contribution in [1.82, 2.24) is 0 Å². The Morgan fingerprint density at radius 2 is 1.23 bits per heavy atom. The molecule has 0 aliphatic heterocycles. The van der Waals surface area contributed by atoms with E-state index in [1.165, 1.54) is 22.2 Å². The standard InChI is InChI=1S/C28H32P2Si/c1-28(2,21-30(23-15-7-5-8-16-23)24-17-9-6-10-18-24)31-26-20-12-14-22-13-11-19-25(27(22)26)29(3)4/h5-20H,21,31H2,1-4H3. The Labute approximate surface area is 192 Å². The van der Waals surface area contributed by atoms with Crippen molar-refractivity contribution < 1.29 is 0 Å². The summed E-state index contributed by atoms with van der Waals surface area (Å²) in [6.45, 7) is 9.81. The van der Waals surface area contributed by atoms with Gasteiger partial charge in [0.05, 0.1) is 9.52 Å². The largest absolute Gasteiger partial charge is 0.0810 e. The van der Waals surface area contributed by atoms with E-state index < -0.39 is 9.52 Å².